The number of carboxylic acids is 1. The van der Waals surface area contributed by atoms with E-state index in [-0.39, 0.29) is 18.2 Å². The number of carboxylic acid groups (broad SMARTS) is 1. The summed E-state index contributed by atoms with van der Waals surface area (Å²) in [5, 5.41) is 8.52. The Morgan fingerprint density at radius 1 is 1.64 bits per heavy atom. The van der Waals surface area contributed by atoms with Crippen LogP contribution in [0, 0.1) is 0 Å². The van der Waals surface area contributed by atoms with E-state index in [1.165, 1.54) is 0 Å². The first-order chi connectivity index (χ1) is 6.74. The van der Waals surface area contributed by atoms with Gasteiger partial charge in [-0.25, -0.2) is 9.78 Å². The first-order valence-corrected chi connectivity index (χ1v) is 3.98. The summed E-state index contributed by atoms with van der Waals surface area (Å²) in [7, 11) is 1.57. The minimum Gasteiger partial charge on any atom is -0.476 e. The topological polar surface area (TPSA) is 81.8 Å². The third-order valence-electron chi connectivity index (χ3n) is 1.43. The lowest BCUT2D eigenvalue weighted by molar-refractivity contribution is 0.0517. The molecule has 14 heavy (non-hydrogen) atoms. The highest BCUT2D eigenvalue weighted by Crippen LogP contribution is 2.03. The maximum atomic E-state index is 10.4. The molecule has 0 aliphatic rings. The van der Waals surface area contributed by atoms with Crippen molar-refractivity contribution in [3.8, 4) is 0 Å². The molecule has 1 aromatic heterocycles. The average molecular weight is 201 g/mol. The summed E-state index contributed by atoms with van der Waals surface area (Å²) in [6.45, 7) is 1.05. The average Bonchev–Trinajstić information content (AvgIpc) is 2.61. The lowest BCUT2D eigenvalue weighted by Crippen LogP contribution is -2.02. The van der Waals surface area contributed by atoms with E-state index in [4.69, 9.17) is 19.0 Å². The van der Waals surface area contributed by atoms with E-state index in [0.29, 0.717) is 13.2 Å². The van der Waals surface area contributed by atoms with Crippen LogP contribution < -0.4 is 0 Å². The standard InChI is InChI=1S/C8H11NO5/c1-12-2-3-13-5-7-9-6(4-14-7)8(10)11/h4H,2-3,5H2,1H3,(H,10,11). The van der Waals surface area contributed by atoms with Crippen molar-refractivity contribution in [1.82, 2.24) is 4.98 Å². The van der Waals surface area contributed by atoms with Crippen LogP contribution in [0.4, 0.5) is 0 Å². The van der Waals surface area contributed by atoms with E-state index < -0.39 is 5.97 Å². The summed E-state index contributed by atoms with van der Waals surface area (Å²) in [6, 6.07) is 0. The Bertz CT molecular complexity index is 296. The van der Waals surface area contributed by atoms with Crippen LogP contribution in [0.5, 0.6) is 0 Å². The van der Waals surface area contributed by atoms with E-state index in [1.54, 1.807) is 7.11 Å². The van der Waals surface area contributed by atoms with Crippen LogP contribution >= 0.6 is 0 Å². The number of hydrogen-bond donors (Lipinski definition) is 1. The van der Waals surface area contributed by atoms with Crippen LogP contribution in [-0.4, -0.2) is 36.4 Å². The number of oxazole rings is 1. The first kappa shape index (κ1) is 10.7. The molecule has 0 aromatic carbocycles. The van der Waals surface area contributed by atoms with E-state index in [0.717, 1.165) is 6.26 Å². The van der Waals surface area contributed by atoms with Crippen molar-refractivity contribution in [2.45, 2.75) is 6.61 Å². The van der Waals surface area contributed by atoms with Crippen LogP contribution in [0.1, 0.15) is 16.4 Å². The molecule has 6 heteroatoms. The lowest BCUT2D eigenvalue weighted by atomic mass is 10.5. The second kappa shape index (κ2) is 5.36. The van der Waals surface area contributed by atoms with Crippen LogP contribution in [-0.2, 0) is 16.1 Å². The Balaban J connectivity index is 2.33. The Morgan fingerprint density at radius 2 is 2.43 bits per heavy atom. The summed E-state index contributed by atoms with van der Waals surface area (Å²) >= 11 is 0. The molecule has 0 fully saturated rings. The molecule has 0 amide bonds. The molecule has 0 saturated heterocycles. The zero-order valence-corrected chi connectivity index (χ0v) is 7.73. The maximum Gasteiger partial charge on any atom is 0.357 e. The Kier molecular flexibility index (Phi) is 4.09. The van der Waals surface area contributed by atoms with Crippen molar-refractivity contribution < 1.29 is 23.8 Å². The first-order valence-electron chi connectivity index (χ1n) is 3.98. The summed E-state index contributed by atoms with van der Waals surface area (Å²) in [5.41, 5.74) is -0.115. The summed E-state index contributed by atoms with van der Waals surface area (Å²) in [6.07, 6.45) is 1.08. The van der Waals surface area contributed by atoms with Gasteiger partial charge in [0.05, 0.1) is 13.2 Å². The molecule has 0 aliphatic heterocycles. The van der Waals surface area contributed by atoms with E-state index in [1.807, 2.05) is 0 Å². The van der Waals surface area contributed by atoms with E-state index in [2.05, 4.69) is 4.98 Å². The molecule has 1 heterocycles. The molecule has 1 aromatic rings. The molecule has 0 radical (unpaired) electrons. The number of ether oxygens (including phenoxy) is 2. The van der Waals surface area contributed by atoms with E-state index >= 15 is 0 Å². The molecule has 1 rings (SSSR count). The monoisotopic (exact) mass is 201 g/mol. The minimum atomic E-state index is -1.11. The highest BCUT2D eigenvalue weighted by atomic mass is 16.5. The predicted octanol–water partition coefficient (Wildman–Crippen LogP) is 0.536. The summed E-state index contributed by atoms with van der Waals surface area (Å²) < 4.78 is 14.7. The van der Waals surface area contributed by atoms with Gasteiger partial charge >= 0.3 is 5.97 Å². The van der Waals surface area contributed by atoms with Crippen LogP contribution in [0.15, 0.2) is 10.7 Å². The van der Waals surface area contributed by atoms with Gasteiger partial charge in [-0.1, -0.05) is 0 Å². The van der Waals surface area contributed by atoms with Gasteiger partial charge in [0, 0.05) is 7.11 Å². The maximum absolute atomic E-state index is 10.4. The van der Waals surface area contributed by atoms with Crippen molar-refractivity contribution >= 4 is 5.97 Å². The second-order valence-corrected chi connectivity index (χ2v) is 2.48. The Labute approximate surface area is 80.5 Å². The molecule has 0 unspecified atom stereocenters. The van der Waals surface area contributed by atoms with Gasteiger partial charge in [-0.05, 0) is 0 Å². The van der Waals surface area contributed by atoms with Gasteiger partial charge in [0.2, 0.25) is 5.89 Å². The molecular formula is C8H11NO5. The van der Waals surface area contributed by atoms with Crippen LogP contribution in [0.2, 0.25) is 0 Å². The molecule has 0 saturated carbocycles. The van der Waals surface area contributed by atoms with Gasteiger partial charge in [-0.2, -0.15) is 0 Å². The van der Waals surface area contributed by atoms with Gasteiger partial charge in [0.15, 0.2) is 5.69 Å². The van der Waals surface area contributed by atoms with Gasteiger partial charge < -0.3 is 19.0 Å². The van der Waals surface area contributed by atoms with Gasteiger partial charge in [-0.15, -0.1) is 0 Å². The Hall–Kier alpha value is -1.40. The lowest BCUT2D eigenvalue weighted by Gasteiger charge is -1.98. The number of aromatic carboxylic acids is 1. The minimum absolute atomic E-state index is 0.115. The van der Waals surface area contributed by atoms with E-state index in [9.17, 15) is 4.79 Å². The molecule has 1 N–H and O–H groups in total. The van der Waals surface area contributed by atoms with Crippen molar-refractivity contribution in [3.05, 3.63) is 17.8 Å². The van der Waals surface area contributed by atoms with Crippen molar-refractivity contribution in [1.29, 1.82) is 0 Å². The third-order valence-corrected chi connectivity index (χ3v) is 1.43. The fourth-order valence-corrected chi connectivity index (χ4v) is 0.777. The number of nitrogens with zero attached hydrogens (tertiary/aromatic N) is 1. The molecule has 0 atom stereocenters. The van der Waals surface area contributed by atoms with Crippen molar-refractivity contribution in [3.63, 3.8) is 0 Å². The zero-order valence-electron chi connectivity index (χ0n) is 7.73. The van der Waals surface area contributed by atoms with Crippen molar-refractivity contribution in [2.75, 3.05) is 20.3 Å². The summed E-state index contributed by atoms with van der Waals surface area (Å²) in [5.74, 6) is -0.865. The number of carbonyl (C=O) groups is 1. The highest BCUT2D eigenvalue weighted by Gasteiger charge is 2.09. The Morgan fingerprint density at radius 3 is 3.00 bits per heavy atom. The van der Waals surface area contributed by atoms with Gasteiger partial charge in [0.1, 0.15) is 12.9 Å². The van der Waals surface area contributed by atoms with Gasteiger partial charge in [-0.3, -0.25) is 0 Å². The molecule has 6 nitrogen and oxygen atoms in total. The SMILES string of the molecule is COCCOCc1nc(C(=O)O)co1. The molecular weight excluding hydrogens is 190 g/mol. The predicted molar refractivity (Wildman–Crippen MR) is 45.0 cm³/mol. The molecule has 0 bridgehead atoms. The zero-order chi connectivity index (χ0) is 10.4. The third kappa shape index (κ3) is 3.15. The fourth-order valence-electron chi connectivity index (χ4n) is 0.777. The molecule has 0 spiro atoms. The quantitative estimate of drug-likeness (QED) is 0.676. The number of aromatic nitrogens is 1. The second-order valence-electron chi connectivity index (χ2n) is 2.48. The molecule has 78 valence electrons. The smallest absolute Gasteiger partial charge is 0.357 e. The van der Waals surface area contributed by atoms with Crippen LogP contribution in [0.25, 0.3) is 0 Å². The normalized spacial score (nSPS) is 10.4. The largest absolute Gasteiger partial charge is 0.476 e. The van der Waals surface area contributed by atoms with Gasteiger partial charge in [0.25, 0.3) is 0 Å². The number of methoxy groups -OCH3 is 1. The number of rotatable bonds is 6. The summed E-state index contributed by atoms with van der Waals surface area (Å²) in [4.78, 5) is 14.1. The highest BCUT2D eigenvalue weighted by molar-refractivity contribution is 5.84. The fraction of sp³-hybridized carbons (Fsp3) is 0.500. The molecule has 0 aliphatic carbocycles. The van der Waals surface area contributed by atoms with Crippen molar-refractivity contribution in [2.24, 2.45) is 0 Å². The van der Waals surface area contributed by atoms with Crippen LogP contribution in [0.3, 0.4) is 0 Å². The number of hydrogen-bond acceptors (Lipinski definition) is 5.